The van der Waals surface area contributed by atoms with Crippen LogP contribution in [0.5, 0.6) is 5.75 Å². The topological polar surface area (TPSA) is 77.2 Å². The first-order chi connectivity index (χ1) is 11.6. The number of hydrogen-bond donors (Lipinski definition) is 2. The minimum absolute atomic E-state index is 0.0832. The number of nitrogens with two attached hydrogens (primary N) is 1. The molecule has 3 rings (SSSR count). The number of carbonyl (C=O) groups is 1. The number of nitrogens with one attached hydrogen (secondary N) is 1. The predicted octanol–water partition coefficient (Wildman–Crippen LogP) is 2.87. The minimum Gasteiger partial charge on any atom is -0.484 e. The molecule has 1 amide bonds. The molecule has 0 bridgehead atoms. The number of pyridine rings is 1. The van der Waals surface area contributed by atoms with Gasteiger partial charge in [0.05, 0.1) is 5.69 Å². The normalized spacial score (nSPS) is 19.9. The Balaban J connectivity index is 1.59. The number of carbonyl (C=O) groups excluding carboxylic acids is 1. The average molecular weight is 329 g/mol. The monoisotopic (exact) mass is 329 g/mol. The van der Waals surface area contributed by atoms with Crippen molar-refractivity contribution in [2.24, 2.45) is 11.7 Å². The fraction of sp³-hybridized carbons (Fsp3) is 0.333. The third kappa shape index (κ3) is 4.08. The Hall–Kier alpha value is -2.47. The molecule has 2 aromatic rings. The van der Waals surface area contributed by atoms with E-state index in [9.17, 15) is 9.18 Å². The van der Waals surface area contributed by atoms with E-state index in [0.717, 1.165) is 12.8 Å². The highest BCUT2D eigenvalue weighted by Gasteiger charge is 2.27. The van der Waals surface area contributed by atoms with Crippen molar-refractivity contribution < 1.29 is 13.9 Å². The van der Waals surface area contributed by atoms with Crippen LogP contribution in [0.1, 0.15) is 25.0 Å². The maximum atomic E-state index is 14.1. The fourth-order valence-electron chi connectivity index (χ4n) is 2.83. The molecule has 6 heteroatoms. The lowest BCUT2D eigenvalue weighted by Crippen LogP contribution is -2.23. The van der Waals surface area contributed by atoms with Gasteiger partial charge >= 0.3 is 0 Å². The second kappa shape index (κ2) is 7.40. The Morgan fingerprint density at radius 1 is 1.33 bits per heavy atom. The van der Waals surface area contributed by atoms with Crippen molar-refractivity contribution in [3.8, 4) is 5.75 Å². The molecule has 1 aliphatic carbocycles. The highest BCUT2D eigenvalue weighted by atomic mass is 19.1. The van der Waals surface area contributed by atoms with E-state index in [-0.39, 0.29) is 30.2 Å². The summed E-state index contributed by atoms with van der Waals surface area (Å²) in [5.41, 5.74) is 6.95. The van der Waals surface area contributed by atoms with E-state index >= 15 is 0 Å². The molecule has 5 nitrogen and oxygen atoms in total. The van der Waals surface area contributed by atoms with E-state index in [2.05, 4.69) is 10.3 Å². The highest BCUT2D eigenvalue weighted by Crippen LogP contribution is 2.27. The lowest BCUT2D eigenvalue weighted by Gasteiger charge is -2.12. The molecule has 3 N–H and O–H groups in total. The van der Waals surface area contributed by atoms with Crippen LogP contribution in [-0.4, -0.2) is 16.9 Å². The fourth-order valence-corrected chi connectivity index (χ4v) is 2.83. The molecule has 1 aromatic heterocycles. The number of benzene rings is 1. The van der Waals surface area contributed by atoms with Gasteiger partial charge < -0.3 is 15.8 Å². The lowest BCUT2D eigenvalue weighted by molar-refractivity contribution is -0.119. The molecule has 1 saturated carbocycles. The zero-order chi connectivity index (χ0) is 16.9. The Bertz CT molecular complexity index is 709. The number of amides is 1. The second-order valence-corrected chi connectivity index (χ2v) is 6.01. The van der Waals surface area contributed by atoms with Gasteiger partial charge in [-0.15, -0.1) is 0 Å². The van der Waals surface area contributed by atoms with Gasteiger partial charge in [-0.05, 0) is 43.5 Å². The molecule has 0 spiro atoms. The molecular formula is C18H20FN3O2. The zero-order valence-corrected chi connectivity index (χ0v) is 13.2. The van der Waals surface area contributed by atoms with Crippen molar-refractivity contribution >= 4 is 11.6 Å². The number of ether oxygens (including phenoxy) is 1. The van der Waals surface area contributed by atoms with Crippen LogP contribution >= 0.6 is 0 Å². The van der Waals surface area contributed by atoms with Crippen LogP contribution in [0.15, 0.2) is 42.6 Å². The quantitative estimate of drug-likeness (QED) is 0.884. The van der Waals surface area contributed by atoms with Crippen LogP contribution in [0, 0.1) is 11.7 Å². The SMILES string of the molecule is NC1CCC(C(=O)Nc2ccc(OCc3ccccn3)c(F)c2)C1. The van der Waals surface area contributed by atoms with Gasteiger partial charge in [0.15, 0.2) is 11.6 Å². The number of anilines is 1. The number of nitrogens with zero attached hydrogens (tertiary/aromatic N) is 1. The molecule has 1 fully saturated rings. The first-order valence-electron chi connectivity index (χ1n) is 8.00. The van der Waals surface area contributed by atoms with Gasteiger partial charge in [-0.3, -0.25) is 9.78 Å². The molecule has 126 valence electrons. The Kier molecular flexibility index (Phi) is 5.05. The summed E-state index contributed by atoms with van der Waals surface area (Å²) in [6.07, 6.45) is 3.97. The van der Waals surface area contributed by atoms with E-state index in [1.165, 1.54) is 12.1 Å². The molecule has 1 aliphatic rings. The van der Waals surface area contributed by atoms with Gasteiger partial charge in [-0.2, -0.15) is 0 Å². The van der Waals surface area contributed by atoms with Crippen LogP contribution < -0.4 is 15.8 Å². The summed E-state index contributed by atoms with van der Waals surface area (Å²) >= 11 is 0. The van der Waals surface area contributed by atoms with Gasteiger partial charge in [0, 0.05) is 29.9 Å². The summed E-state index contributed by atoms with van der Waals surface area (Å²) in [5, 5.41) is 2.74. The lowest BCUT2D eigenvalue weighted by atomic mass is 10.1. The van der Waals surface area contributed by atoms with Crippen molar-refractivity contribution in [3.63, 3.8) is 0 Å². The summed E-state index contributed by atoms with van der Waals surface area (Å²) in [7, 11) is 0. The van der Waals surface area contributed by atoms with E-state index in [1.807, 2.05) is 6.07 Å². The number of hydrogen-bond acceptors (Lipinski definition) is 4. The van der Waals surface area contributed by atoms with Crippen LogP contribution in [0.2, 0.25) is 0 Å². The third-order valence-electron chi connectivity index (χ3n) is 4.15. The minimum atomic E-state index is -0.521. The molecule has 0 radical (unpaired) electrons. The third-order valence-corrected chi connectivity index (χ3v) is 4.15. The van der Waals surface area contributed by atoms with Gasteiger partial charge in [-0.1, -0.05) is 6.07 Å². The van der Waals surface area contributed by atoms with E-state index < -0.39 is 5.82 Å². The Morgan fingerprint density at radius 2 is 2.21 bits per heavy atom. The summed E-state index contributed by atoms with van der Waals surface area (Å²) < 4.78 is 19.6. The van der Waals surface area contributed by atoms with Gasteiger partial charge in [0.25, 0.3) is 0 Å². The van der Waals surface area contributed by atoms with Crippen LogP contribution in [0.4, 0.5) is 10.1 Å². The number of aromatic nitrogens is 1. The molecule has 24 heavy (non-hydrogen) atoms. The second-order valence-electron chi connectivity index (χ2n) is 6.01. The van der Waals surface area contributed by atoms with Crippen LogP contribution in [-0.2, 0) is 11.4 Å². The standard InChI is InChI=1S/C18H20FN3O2/c19-16-10-14(22-18(23)12-4-5-13(20)9-12)6-7-17(16)24-11-15-3-1-2-8-21-15/h1-3,6-8,10,12-13H,4-5,9,11,20H2,(H,22,23). The summed E-state index contributed by atoms with van der Waals surface area (Å²) in [6.45, 7) is 0.184. The average Bonchev–Trinajstić information content (AvgIpc) is 3.02. The first kappa shape index (κ1) is 16.4. The number of halogens is 1. The molecule has 0 aliphatic heterocycles. The van der Waals surface area contributed by atoms with Crippen molar-refractivity contribution in [1.82, 2.24) is 4.98 Å². The molecule has 2 atom stereocenters. The first-order valence-corrected chi connectivity index (χ1v) is 8.00. The highest BCUT2D eigenvalue weighted by molar-refractivity contribution is 5.92. The maximum Gasteiger partial charge on any atom is 0.227 e. The summed E-state index contributed by atoms with van der Waals surface area (Å²) in [5.74, 6) is -0.596. The van der Waals surface area contributed by atoms with E-state index in [0.29, 0.717) is 17.8 Å². The van der Waals surface area contributed by atoms with Crippen LogP contribution in [0.3, 0.4) is 0 Å². The van der Waals surface area contributed by atoms with Crippen LogP contribution in [0.25, 0.3) is 0 Å². The molecule has 0 saturated heterocycles. The van der Waals surface area contributed by atoms with E-state index in [1.54, 1.807) is 24.4 Å². The summed E-state index contributed by atoms with van der Waals surface area (Å²) in [4.78, 5) is 16.3. The summed E-state index contributed by atoms with van der Waals surface area (Å²) in [6, 6.07) is 9.94. The molecule has 2 unspecified atom stereocenters. The maximum absolute atomic E-state index is 14.1. The van der Waals surface area contributed by atoms with Crippen molar-refractivity contribution in [2.75, 3.05) is 5.32 Å². The van der Waals surface area contributed by atoms with Gasteiger partial charge in [0.1, 0.15) is 6.61 Å². The molecular weight excluding hydrogens is 309 g/mol. The Labute approximate surface area is 140 Å². The van der Waals surface area contributed by atoms with Crippen molar-refractivity contribution in [3.05, 3.63) is 54.1 Å². The zero-order valence-electron chi connectivity index (χ0n) is 13.2. The predicted molar refractivity (Wildman–Crippen MR) is 88.9 cm³/mol. The molecule has 1 aromatic carbocycles. The largest absolute Gasteiger partial charge is 0.484 e. The molecule has 1 heterocycles. The van der Waals surface area contributed by atoms with Gasteiger partial charge in [-0.25, -0.2) is 4.39 Å². The van der Waals surface area contributed by atoms with Crippen molar-refractivity contribution in [1.29, 1.82) is 0 Å². The van der Waals surface area contributed by atoms with Gasteiger partial charge in [0.2, 0.25) is 5.91 Å². The van der Waals surface area contributed by atoms with E-state index in [4.69, 9.17) is 10.5 Å². The van der Waals surface area contributed by atoms with Crippen molar-refractivity contribution in [2.45, 2.75) is 31.9 Å². The Morgan fingerprint density at radius 3 is 2.88 bits per heavy atom. The number of rotatable bonds is 5. The smallest absolute Gasteiger partial charge is 0.227 e.